The van der Waals surface area contributed by atoms with Crippen molar-refractivity contribution in [2.45, 2.75) is 6.54 Å². The molecule has 0 aliphatic carbocycles. The van der Waals surface area contributed by atoms with E-state index >= 15 is 0 Å². The van der Waals surface area contributed by atoms with Crippen LogP contribution in [-0.2, 0) is 6.54 Å². The fourth-order valence-corrected chi connectivity index (χ4v) is 3.24. The van der Waals surface area contributed by atoms with Crippen LogP contribution in [0, 0.1) is 0 Å². The number of benzene rings is 2. The summed E-state index contributed by atoms with van der Waals surface area (Å²) in [5.41, 5.74) is 9.09. The van der Waals surface area contributed by atoms with Crippen LogP contribution in [0.3, 0.4) is 0 Å². The fraction of sp³-hybridized carbons (Fsp3) is 0.125. The van der Waals surface area contributed by atoms with Gasteiger partial charge in [-0.25, -0.2) is 0 Å². The monoisotopic (exact) mass is 268 g/mol. The van der Waals surface area contributed by atoms with Crippen molar-refractivity contribution >= 4 is 32.8 Å². The summed E-state index contributed by atoms with van der Waals surface area (Å²) in [6, 6.07) is 16.6. The summed E-state index contributed by atoms with van der Waals surface area (Å²) in [4.78, 5) is 2.28. The molecule has 0 aliphatic rings. The largest absolute Gasteiger partial charge is 0.399 e. The first-order valence-corrected chi connectivity index (χ1v) is 7.14. The maximum atomic E-state index is 5.71. The summed E-state index contributed by atoms with van der Waals surface area (Å²) in [5, 5.41) is 3.55. The number of hydrogen-bond acceptors (Lipinski definition) is 3. The minimum absolute atomic E-state index is 0.812. The minimum Gasteiger partial charge on any atom is -0.399 e. The summed E-state index contributed by atoms with van der Waals surface area (Å²) >= 11 is 1.79. The Kier molecular flexibility index (Phi) is 3.13. The maximum Gasteiger partial charge on any atom is 0.0555 e. The van der Waals surface area contributed by atoms with Gasteiger partial charge in [0.05, 0.1) is 5.69 Å². The number of fused-ring (bicyclic) bond motifs is 1. The van der Waals surface area contributed by atoms with Gasteiger partial charge in [-0.15, -0.1) is 11.3 Å². The van der Waals surface area contributed by atoms with Gasteiger partial charge in [0.15, 0.2) is 0 Å². The van der Waals surface area contributed by atoms with Gasteiger partial charge >= 0.3 is 0 Å². The fourth-order valence-electron chi connectivity index (χ4n) is 2.24. The number of thiophene rings is 1. The third-order valence-corrected chi connectivity index (χ3v) is 4.22. The number of nitrogen functional groups attached to an aromatic ring is 1. The predicted octanol–water partition coefficient (Wildman–Crippen LogP) is 4.12. The van der Waals surface area contributed by atoms with Crippen LogP contribution in [0.1, 0.15) is 5.56 Å². The second-order valence-electron chi connectivity index (χ2n) is 4.71. The summed E-state index contributed by atoms with van der Waals surface area (Å²) in [6.07, 6.45) is 0. The molecule has 1 heterocycles. The lowest BCUT2D eigenvalue weighted by Crippen LogP contribution is -2.15. The van der Waals surface area contributed by atoms with Crippen molar-refractivity contribution in [3.63, 3.8) is 0 Å². The molecule has 1 aromatic heterocycles. The Bertz CT molecular complexity index is 685. The molecule has 96 valence electrons. The molecule has 3 aromatic rings. The van der Waals surface area contributed by atoms with E-state index in [2.05, 4.69) is 53.7 Å². The van der Waals surface area contributed by atoms with Gasteiger partial charge < -0.3 is 10.6 Å². The first kappa shape index (κ1) is 12.1. The molecule has 3 rings (SSSR count). The van der Waals surface area contributed by atoms with E-state index in [4.69, 9.17) is 5.73 Å². The molecule has 2 aromatic carbocycles. The Labute approximate surface area is 117 Å². The lowest BCUT2D eigenvalue weighted by molar-refractivity contribution is 0.931. The Morgan fingerprint density at radius 1 is 1.05 bits per heavy atom. The molecule has 0 aliphatic heterocycles. The molecular weight excluding hydrogens is 252 g/mol. The summed E-state index contributed by atoms with van der Waals surface area (Å²) < 4.78 is 1.33. The van der Waals surface area contributed by atoms with Crippen LogP contribution in [0.2, 0.25) is 0 Å². The van der Waals surface area contributed by atoms with E-state index in [0.717, 1.165) is 12.2 Å². The summed E-state index contributed by atoms with van der Waals surface area (Å²) in [6.45, 7) is 0.890. The second kappa shape index (κ2) is 4.94. The van der Waals surface area contributed by atoms with Gasteiger partial charge in [-0.3, -0.25) is 0 Å². The molecule has 0 fully saturated rings. The summed E-state index contributed by atoms with van der Waals surface area (Å²) in [7, 11) is 2.13. The zero-order valence-electron chi connectivity index (χ0n) is 10.8. The molecule has 0 bridgehead atoms. The van der Waals surface area contributed by atoms with Crippen LogP contribution in [0.5, 0.6) is 0 Å². The van der Waals surface area contributed by atoms with Gasteiger partial charge in [0, 0.05) is 34.7 Å². The van der Waals surface area contributed by atoms with Gasteiger partial charge in [-0.05, 0) is 23.8 Å². The predicted molar refractivity (Wildman–Crippen MR) is 84.8 cm³/mol. The van der Waals surface area contributed by atoms with Crippen LogP contribution < -0.4 is 10.6 Å². The lowest BCUT2D eigenvalue weighted by Gasteiger charge is -2.18. The third-order valence-electron chi connectivity index (χ3n) is 3.27. The first-order valence-electron chi connectivity index (χ1n) is 6.26. The number of rotatable bonds is 3. The van der Waals surface area contributed by atoms with E-state index < -0.39 is 0 Å². The highest BCUT2D eigenvalue weighted by atomic mass is 32.1. The molecule has 0 radical (unpaired) electrons. The molecule has 3 heteroatoms. The Balaban J connectivity index is 1.87. The Hall–Kier alpha value is -2.00. The van der Waals surface area contributed by atoms with E-state index in [9.17, 15) is 0 Å². The van der Waals surface area contributed by atoms with Crippen molar-refractivity contribution in [2.75, 3.05) is 17.7 Å². The van der Waals surface area contributed by atoms with Gasteiger partial charge in [0.2, 0.25) is 0 Å². The summed E-state index contributed by atoms with van der Waals surface area (Å²) in [5.74, 6) is 0. The van der Waals surface area contributed by atoms with Crippen molar-refractivity contribution in [1.82, 2.24) is 0 Å². The maximum absolute atomic E-state index is 5.71. The standard InChI is InChI=1S/C16H16N2S/c1-18(10-12-6-8-13(17)9-7-12)15-11-19-16-5-3-2-4-14(15)16/h2-9,11H,10,17H2,1H3. The average Bonchev–Trinajstić information content (AvgIpc) is 2.85. The van der Waals surface area contributed by atoms with Crippen molar-refractivity contribution in [2.24, 2.45) is 0 Å². The second-order valence-corrected chi connectivity index (χ2v) is 5.63. The highest BCUT2D eigenvalue weighted by molar-refractivity contribution is 7.17. The van der Waals surface area contributed by atoms with Crippen LogP contribution >= 0.6 is 11.3 Å². The van der Waals surface area contributed by atoms with Gasteiger partial charge in [-0.1, -0.05) is 30.3 Å². The van der Waals surface area contributed by atoms with Crippen LogP contribution in [0.25, 0.3) is 10.1 Å². The van der Waals surface area contributed by atoms with Gasteiger partial charge in [-0.2, -0.15) is 0 Å². The Morgan fingerprint density at radius 3 is 2.58 bits per heavy atom. The number of nitrogens with zero attached hydrogens (tertiary/aromatic N) is 1. The number of nitrogens with two attached hydrogens (primary N) is 1. The van der Waals surface area contributed by atoms with E-state index in [0.29, 0.717) is 0 Å². The van der Waals surface area contributed by atoms with E-state index in [1.54, 1.807) is 11.3 Å². The molecule has 0 unspecified atom stereocenters. The molecule has 2 N–H and O–H groups in total. The zero-order valence-corrected chi connectivity index (χ0v) is 11.7. The SMILES string of the molecule is CN(Cc1ccc(N)cc1)c1csc2ccccc12. The van der Waals surface area contributed by atoms with Crippen LogP contribution in [0.15, 0.2) is 53.9 Å². The molecule has 0 saturated heterocycles. The molecular formula is C16H16N2S. The molecule has 0 atom stereocenters. The number of hydrogen-bond donors (Lipinski definition) is 1. The Morgan fingerprint density at radius 2 is 1.79 bits per heavy atom. The van der Waals surface area contributed by atoms with Crippen molar-refractivity contribution in [3.05, 3.63) is 59.5 Å². The van der Waals surface area contributed by atoms with E-state index in [1.165, 1.54) is 21.3 Å². The van der Waals surface area contributed by atoms with Gasteiger partial charge in [0.1, 0.15) is 0 Å². The van der Waals surface area contributed by atoms with Crippen LogP contribution in [0.4, 0.5) is 11.4 Å². The smallest absolute Gasteiger partial charge is 0.0555 e. The average molecular weight is 268 g/mol. The topological polar surface area (TPSA) is 29.3 Å². The van der Waals surface area contributed by atoms with Crippen LogP contribution in [-0.4, -0.2) is 7.05 Å². The molecule has 0 saturated carbocycles. The molecule has 2 nitrogen and oxygen atoms in total. The highest BCUT2D eigenvalue weighted by Gasteiger charge is 2.08. The third kappa shape index (κ3) is 2.42. The molecule has 0 amide bonds. The highest BCUT2D eigenvalue weighted by Crippen LogP contribution is 2.32. The first-order chi connectivity index (χ1) is 9.24. The molecule has 19 heavy (non-hydrogen) atoms. The lowest BCUT2D eigenvalue weighted by atomic mass is 10.2. The molecule has 0 spiro atoms. The van der Waals surface area contributed by atoms with Gasteiger partial charge in [0.25, 0.3) is 0 Å². The van der Waals surface area contributed by atoms with E-state index in [1.807, 2.05) is 12.1 Å². The van der Waals surface area contributed by atoms with Crippen molar-refractivity contribution < 1.29 is 0 Å². The minimum atomic E-state index is 0.812. The zero-order chi connectivity index (χ0) is 13.2. The normalized spacial score (nSPS) is 10.8. The van der Waals surface area contributed by atoms with E-state index in [-0.39, 0.29) is 0 Å². The van der Waals surface area contributed by atoms with Crippen molar-refractivity contribution in [1.29, 1.82) is 0 Å². The number of anilines is 2. The van der Waals surface area contributed by atoms with Crippen molar-refractivity contribution in [3.8, 4) is 0 Å². The quantitative estimate of drug-likeness (QED) is 0.724.